The zero-order chi connectivity index (χ0) is 22.3. The third kappa shape index (κ3) is 4.65. The lowest BCUT2D eigenvalue weighted by molar-refractivity contribution is -0.230. The van der Waals surface area contributed by atoms with E-state index < -0.39 is 42.1 Å². The maximum Gasteiger partial charge on any atom is 0.426 e. The molecule has 0 bridgehead atoms. The van der Waals surface area contributed by atoms with Crippen molar-refractivity contribution in [2.75, 3.05) is 0 Å². The second-order valence-electron chi connectivity index (χ2n) is 7.45. The Kier molecular flexibility index (Phi) is 5.94. The zero-order valence-corrected chi connectivity index (χ0v) is 15.8. The summed E-state index contributed by atoms with van der Waals surface area (Å²) >= 11 is 0. The lowest BCUT2D eigenvalue weighted by Crippen LogP contribution is -2.40. The van der Waals surface area contributed by atoms with E-state index in [9.17, 15) is 35.1 Å². The topological polar surface area (TPSA) is 0 Å². The van der Waals surface area contributed by atoms with E-state index in [4.69, 9.17) is 0 Å². The van der Waals surface area contributed by atoms with Crippen LogP contribution in [0, 0.1) is 0 Å². The Morgan fingerprint density at radius 1 is 0.690 bits per heavy atom. The molecule has 0 N–H and O–H groups in total. The van der Waals surface area contributed by atoms with Crippen molar-refractivity contribution in [2.24, 2.45) is 0 Å². The molecule has 158 valence electrons. The first-order valence-corrected chi connectivity index (χ1v) is 8.76. The monoisotopic (exact) mass is 421 g/mol. The molecule has 29 heavy (non-hydrogen) atoms. The third-order valence-corrected chi connectivity index (χ3v) is 5.12. The molecule has 0 aromatic heterocycles. The van der Waals surface area contributed by atoms with Gasteiger partial charge < -0.3 is 0 Å². The SMILES string of the molecule is C=Cc1ccc([BH2-]c2cc(C(C)(F)C(F)(F)F)cc(C(C)(F)C(F)(F)F)c2)cc1. The fourth-order valence-electron chi connectivity index (χ4n) is 3.00. The average Bonchev–Trinajstić information content (AvgIpc) is 2.60. The van der Waals surface area contributed by atoms with Crippen molar-refractivity contribution in [1.29, 1.82) is 0 Å². The van der Waals surface area contributed by atoms with E-state index in [-0.39, 0.29) is 19.3 Å². The van der Waals surface area contributed by atoms with Crippen LogP contribution < -0.4 is 10.9 Å². The van der Waals surface area contributed by atoms with Crippen LogP contribution in [0.25, 0.3) is 6.08 Å². The minimum Gasteiger partial charge on any atom is -0.229 e. The lowest BCUT2D eigenvalue weighted by Gasteiger charge is -2.30. The van der Waals surface area contributed by atoms with E-state index >= 15 is 0 Å². The molecule has 0 saturated heterocycles. The summed E-state index contributed by atoms with van der Waals surface area (Å²) in [6.07, 6.45) is -9.18. The third-order valence-electron chi connectivity index (χ3n) is 5.12. The molecule has 2 aromatic carbocycles. The van der Waals surface area contributed by atoms with Crippen molar-refractivity contribution in [3.05, 3.63) is 65.7 Å². The fraction of sp³-hybridized carbons (Fsp3) is 0.300. The Balaban J connectivity index is 2.62. The van der Waals surface area contributed by atoms with Crippen LogP contribution in [0.4, 0.5) is 35.1 Å². The van der Waals surface area contributed by atoms with Gasteiger partial charge in [0.2, 0.25) is 11.3 Å². The molecule has 0 radical (unpaired) electrons. The summed E-state index contributed by atoms with van der Waals surface area (Å²) in [6, 6.07) is 8.70. The second-order valence-corrected chi connectivity index (χ2v) is 7.45. The summed E-state index contributed by atoms with van der Waals surface area (Å²) in [5.41, 5.74) is -8.49. The minimum absolute atomic E-state index is 0.0464. The minimum atomic E-state index is -5.38. The summed E-state index contributed by atoms with van der Waals surface area (Å²) in [7, 11) is -1.46. The Morgan fingerprint density at radius 2 is 1.10 bits per heavy atom. The standard InChI is InChI=1S/C20H18BF8/c1-4-12-5-7-15(8-6-12)21-16-10-13(17(2,22)19(24,25)26)9-14(11-16)18(3,23)20(27,28)29/h4-11H,1,21H2,2-3H3/q-1. The molecule has 0 heterocycles. The van der Waals surface area contributed by atoms with Crippen molar-refractivity contribution in [3.63, 3.8) is 0 Å². The van der Waals surface area contributed by atoms with Gasteiger partial charge >= 0.3 is 12.4 Å². The van der Waals surface area contributed by atoms with Gasteiger partial charge in [-0.1, -0.05) is 49.1 Å². The Morgan fingerprint density at radius 3 is 1.45 bits per heavy atom. The maximum atomic E-state index is 14.5. The largest absolute Gasteiger partial charge is 0.426 e. The van der Waals surface area contributed by atoms with Gasteiger partial charge in [-0.2, -0.15) is 26.3 Å². The fourth-order valence-corrected chi connectivity index (χ4v) is 3.00. The maximum absolute atomic E-state index is 14.5. The Labute approximate surface area is 163 Å². The first kappa shape index (κ1) is 23.0. The highest BCUT2D eigenvalue weighted by atomic mass is 19.4. The lowest BCUT2D eigenvalue weighted by atomic mass is 9.62. The van der Waals surface area contributed by atoms with E-state index in [2.05, 4.69) is 6.58 Å². The molecule has 0 nitrogen and oxygen atoms in total. The van der Waals surface area contributed by atoms with Gasteiger partial charge in [-0.3, -0.25) is 0 Å². The molecule has 0 fully saturated rings. The molecule has 0 amide bonds. The van der Waals surface area contributed by atoms with E-state index in [0.29, 0.717) is 11.5 Å². The van der Waals surface area contributed by atoms with Crippen LogP contribution in [-0.2, 0) is 11.3 Å². The first-order valence-electron chi connectivity index (χ1n) is 8.76. The second kappa shape index (κ2) is 7.50. The zero-order valence-electron chi connectivity index (χ0n) is 15.8. The summed E-state index contributed by atoms with van der Waals surface area (Å²) < 4.78 is 108. The first-order chi connectivity index (χ1) is 13.1. The van der Waals surface area contributed by atoms with Crippen LogP contribution in [-0.4, -0.2) is 19.6 Å². The summed E-state index contributed by atoms with van der Waals surface area (Å²) in [6.45, 7) is 3.99. The van der Waals surface area contributed by atoms with Crippen LogP contribution in [0.3, 0.4) is 0 Å². The van der Waals surface area contributed by atoms with Gasteiger partial charge in [-0.25, -0.2) is 19.7 Å². The van der Waals surface area contributed by atoms with Crippen LogP contribution in [0.1, 0.15) is 30.5 Å². The van der Waals surface area contributed by atoms with Crippen molar-refractivity contribution >= 4 is 24.3 Å². The highest BCUT2D eigenvalue weighted by Crippen LogP contribution is 2.46. The smallest absolute Gasteiger partial charge is 0.229 e. The van der Waals surface area contributed by atoms with Crippen molar-refractivity contribution in [3.8, 4) is 0 Å². The highest BCUT2D eigenvalue weighted by molar-refractivity contribution is 6.67. The van der Waals surface area contributed by atoms with Crippen LogP contribution in [0.15, 0.2) is 49.0 Å². The van der Waals surface area contributed by atoms with E-state index in [1.54, 1.807) is 30.3 Å². The predicted octanol–water partition coefficient (Wildman–Crippen LogP) is 4.94. The van der Waals surface area contributed by atoms with Gasteiger partial charge in [0.15, 0.2) is 0 Å². The Hall–Kier alpha value is -2.32. The molecular formula is C20H18BF8-. The molecule has 2 aromatic rings. The Bertz CT molecular complexity index is 833. The summed E-state index contributed by atoms with van der Waals surface area (Å²) in [5.74, 6) is 0. The van der Waals surface area contributed by atoms with Crippen LogP contribution in [0.5, 0.6) is 0 Å². The van der Waals surface area contributed by atoms with E-state index in [1.165, 1.54) is 0 Å². The average molecular weight is 421 g/mol. The molecule has 0 aliphatic carbocycles. The van der Waals surface area contributed by atoms with Gasteiger partial charge in [-0.05, 0) is 36.6 Å². The van der Waals surface area contributed by atoms with Gasteiger partial charge in [0.1, 0.15) is 0 Å². The number of halogens is 8. The normalized spacial score (nSPS) is 16.8. The number of hydrogen-bond donors (Lipinski definition) is 0. The molecular weight excluding hydrogens is 403 g/mol. The molecule has 0 aliphatic rings. The van der Waals surface area contributed by atoms with E-state index in [1.807, 2.05) is 0 Å². The van der Waals surface area contributed by atoms with Crippen molar-refractivity contribution in [2.45, 2.75) is 37.5 Å². The quantitative estimate of drug-likeness (QED) is 0.474. The number of rotatable bonds is 5. The predicted molar refractivity (Wildman–Crippen MR) is 99.8 cm³/mol. The molecule has 0 aliphatic heterocycles. The van der Waals surface area contributed by atoms with E-state index in [0.717, 1.165) is 17.7 Å². The highest BCUT2D eigenvalue weighted by Gasteiger charge is 2.56. The van der Waals surface area contributed by atoms with Crippen LogP contribution in [0.2, 0.25) is 0 Å². The molecule has 0 saturated carbocycles. The summed E-state index contributed by atoms with van der Waals surface area (Å²) in [4.78, 5) is 0. The molecule has 2 unspecified atom stereocenters. The molecule has 2 rings (SSSR count). The van der Waals surface area contributed by atoms with Crippen molar-refractivity contribution in [1.82, 2.24) is 0 Å². The van der Waals surface area contributed by atoms with Crippen molar-refractivity contribution < 1.29 is 35.1 Å². The van der Waals surface area contributed by atoms with Crippen LogP contribution >= 0.6 is 0 Å². The number of alkyl halides is 8. The molecule has 2 atom stereocenters. The van der Waals surface area contributed by atoms with Gasteiger partial charge in [0.05, 0.1) is 0 Å². The number of hydrogen-bond acceptors (Lipinski definition) is 0. The molecule has 0 spiro atoms. The van der Waals surface area contributed by atoms with Gasteiger partial charge in [-0.15, -0.1) is 0 Å². The number of benzene rings is 2. The van der Waals surface area contributed by atoms with Gasteiger partial charge in [0.25, 0.3) is 0 Å². The van der Waals surface area contributed by atoms with Gasteiger partial charge in [0, 0.05) is 7.28 Å². The summed E-state index contributed by atoms with van der Waals surface area (Å²) in [5, 5.41) is 0. The molecule has 9 heteroatoms.